The largest absolute Gasteiger partial charge is 0.394 e. The molecule has 8 heteroatoms. The van der Waals surface area contributed by atoms with E-state index in [2.05, 4.69) is 0 Å². The molecule has 0 unspecified atom stereocenters. The standard InChI is InChI=1S/C6H14O4.C5H12O4/c7-1-3-9-5-6-10-4-2-8;6-1-3-8-5-9-4-2-7/h7-8H,1-6H2;6-7H,1-5H2. The van der Waals surface area contributed by atoms with Crippen molar-refractivity contribution in [2.24, 2.45) is 0 Å². The average Bonchev–Trinajstić information content (AvgIpc) is 2.43. The molecule has 0 aromatic heterocycles. The van der Waals surface area contributed by atoms with Crippen molar-refractivity contribution in [2.75, 3.05) is 72.9 Å². The molecule has 0 spiro atoms. The van der Waals surface area contributed by atoms with Crippen LogP contribution in [0.25, 0.3) is 0 Å². The van der Waals surface area contributed by atoms with Gasteiger partial charge in [-0.3, -0.25) is 0 Å². The van der Waals surface area contributed by atoms with E-state index in [9.17, 15) is 0 Å². The van der Waals surface area contributed by atoms with Crippen molar-refractivity contribution in [1.29, 1.82) is 0 Å². The molecule has 0 saturated heterocycles. The lowest BCUT2D eigenvalue weighted by atomic mass is 10.7. The molecule has 0 heterocycles. The van der Waals surface area contributed by atoms with Crippen LogP contribution < -0.4 is 0 Å². The lowest BCUT2D eigenvalue weighted by Crippen LogP contribution is -2.09. The molecule has 4 N–H and O–H groups in total. The molecule has 0 amide bonds. The molecule has 0 bridgehead atoms. The van der Waals surface area contributed by atoms with Crippen molar-refractivity contribution in [3.63, 3.8) is 0 Å². The molecule has 0 aromatic carbocycles. The Balaban J connectivity index is 0. The Labute approximate surface area is 113 Å². The van der Waals surface area contributed by atoms with Crippen molar-refractivity contribution in [3.8, 4) is 0 Å². The second kappa shape index (κ2) is 22.8. The second-order valence-corrected chi connectivity index (χ2v) is 3.05. The molecule has 0 aliphatic heterocycles. The van der Waals surface area contributed by atoms with Gasteiger partial charge in [-0.25, -0.2) is 0 Å². The highest BCUT2D eigenvalue weighted by atomic mass is 16.7. The van der Waals surface area contributed by atoms with E-state index in [0.717, 1.165) is 0 Å². The summed E-state index contributed by atoms with van der Waals surface area (Å²) in [7, 11) is 0. The van der Waals surface area contributed by atoms with Crippen molar-refractivity contribution in [2.45, 2.75) is 0 Å². The fraction of sp³-hybridized carbons (Fsp3) is 1.00. The van der Waals surface area contributed by atoms with E-state index in [-0.39, 0.29) is 46.4 Å². The number of aliphatic hydroxyl groups excluding tert-OH is 4. The number of hydrogen-bond donors (Lipinski definition) is 4. The van der Waals surface area contributed by atoms with Gasteiger partial charge in [0.15, 0.2) is 0 Å². The number of rotatable bonds is 13. The predicted octanol–water partition coefficient (Wildman–Crippen LogP) is -2.03. The summed E-state index contributed by atoms with van der Waals surface area (Å²) < 4.78 is 19.1. The number of ether oxygens (including phenoxy) is 4. The lowest BCUT2D eigenvalue weighted by molar-refractivity contribution is -0.0697. The van der Waals surface area contributed by atoms with Crippen LogP contribution in [-0.2, 0) is 18.9 Å². The summed E-state index contributed by atoms with van der Waals surface area (Å²) >= 11 is 0. The van der Waals surface area contributed by atoms with Gasteiger partial charge < -0.3 is 39.4 Å². The molecule has 0 saturated carbocycles. The van der Waals surface area contributed by atoms with E-state index in [4.69, 9.17) is 39.4 Å². The monoisotopic (exact) mass is 286 g/mol. The fourth-order valence-electron chi connectivity index (χ4n) is 0.757. The third kappa shape index (κ3) is 27.0. The molecular weight excluding hydrogens is 260 g/mol. The fourth-order valence-corrected chi connectivity index (χ4v) is 0.757. The van der Waals surface area contributed by atoms with Gasteiger partial charge in [-0.1, -0.05) is 0 Å². The van der Waals surface area contributed by atoms with E-state index >= 15 is 0 Å². The minimum Gasteiger partial charge on any atom is -0.394 e. The molecule has 8 nitrogen and oxygen atoms in total. The molecule has 0 aliphatic carbocycles. The second-order valence-electron chi connectivity index (χ2n) is 3.05. The first-order chi connectivity index (χ1) is 9.33. The van der Waals surface area contributed by atoms with Gasteiger partial charge in [-0.2, -0.15) is 0 Å². The van der Waals surface area contributed by atoms with E-state index in [1.807, 2.05) is 0 Å². The lowest BCUT2D eigenvalue weighted by Gasteiger charge is -2.01. The smallest absolute Gasteiger partial charge is 0.146 e. The van der Waals surface area contributed by atoms with Gasteiger partial charge in [-0.05, 0) is 0 Å². The molecule has 0 radical (unpaired) electrons. The average molecular weight is 286 g/mol. The number of hydrogen-bond acceptors (Lipinski definition) is 8. The minimum absolute atomic E-state index is 0.00247. The van der Waals surface area contributed by atoms with Crippen molar-refractivity contribution >= 4 is 0 Å². The van der Waals surface area contributed by atoms with Crippen LogP contribution in [0, 0.1) is 0 Å². The zero-order valence-corrected chi connectivity index (χ0v) is 11.2. The normalized spacial score (nSPS) is 10.1. The van der Waals surface area contributed by atoms with Crippen LogP contribution in [0.3, 0.4) is 0 Å². The summed E-state index contributed by atoms with van der Waals surface area (Å²) in [5.41, 5.74) is 0. The van der Waals surface area contributed by atoms with Crippen molar-refractivity contribution < 1.29 is 39.4 Å². The predicted molar refractivity (Wildman–Crippen MR) is 66.8 cm³/mol. The quantitative estimate of drug-likeness (QED) is 0.226. The highest BCUT2D eigenvalue weighted by Crippen LogP contribution is 1.77. The zero-order chi connectivity index (χ0) is 14.6. The van der Waals surface area contributed by atoms with Gasteiger partial charge in [0, 0.05) is 0 Å². The SMILES string of the molecule is OCCOCCOCCO.OCCOCOCCO. The van der Waals surface area contributed by atoms with Gasteiger partial charge >= 0.3 is 0 Å². The third-order valence-corrected chi connectivity index (χ3v) is 1.48. The topological polar surface area (TPSA) is 118 Å². The first kappa shape index (κ1) is 21.0. The Hall–Kier alpha value is -0.320. The van der Waals surface area contributed by atoms with Crippen LogP contribution in [0.2, 0.25) is 0 Å². The molecular formula is C11H26O8. The number of aliphatic hydroxyl groups is 4. The summed E-state index contributed by atoms with van der Waals surface area (Å²) in [5, 5.41) is 32.9. The van der Waals surface area contributed by atoms with E-state index in [1.165, 1.54) is 0 Å². The molecule has 0 aromatic rings. The molecule has 0 fully saturated rings. The van der Waals surface area contributed by atoms with Crippen molar-refractivity contribution in [3.05, 3.63) is 0 Å². The Bertz CT molecular complexity index is 122. The Morgan fingerprint density at radius 3 is 1.05 bits per heavy atom. The molecule has 19 heavy (non-hydrogen) atoms. The molecule has 118 valence electrons. The van der Waals surface area contributed by atoms with Gasteiger partial charge in [0.2, 0.25) is 0 Å². The van der Waals surface area contributed by atoms with Crippen LogP contribution in [0.4, 0.5) is 0 Å². The maximum atomic E-state index is 8.26. The first-order valence-electron chi connectivity index (χ1n) is 6.07. The molecule has 0 aliphatic rings. The maximum absolute atomic E-state index is 8.26. The van der Waals surface area contributed by atoms with Crippen LogP contribution in [-0.4, -0.2) is 93.3 Å². The summed E-state index contributed by atoms with van der Waals surface area (Å²) in [6.07, 6.45) is 0. The summed E-state index contributed by atoms with van der Waals surface area (Å²) in [5.74, 6) is 0. The summed E-state index contributed by atoms with van der Waals surface area (Å²) in [4.78, 5) is 0. The van der Waals surface area contributed by atoms with E-state index < -0.39 is 0 Å². The van der Waals surface area contributed by atoms with Crippen LogP contribution in [0.15, 0.2) is 0 Å². The van der Waals surface area contributed by atoms with Gasteiger partial charge in [0.1, 0.15) is 6.79 Å². The van der Waals surface area contributed by atoms with Crippen LogP contribution in [0.1, 0.15) is 0 Å². The zero-order valence-electron chi connectivity index (χ0n) is 11.2. The van der Waals surface area contributed by atoms with Crippen LogP contribution >= 0.6 is 0 Å². The van der Waals surface area contributed by atoms with Gasteiger partial charge in [0.05, 0.1) is 66.1 Å². The molecule has 0 atom stereocenters. The van der Waals surface area contributed by atoms with Crippen LogP contribution in [0.5, 0.6) is 0 Å². The highest BCUT2D eigenvalue weighted by Gasteiger charge is 1.86. The van der Waals surface area contributed by atoms with Gasteiger partial charge in [0.25, 0.3) is 0 Å². The third-order valence-electron chi connectivity index (χ3n) is 1.48. The molecule has 0 rings (SSSR count). The maximum Gasteiger partial charge on any atom is 0.146 e. The van der Waals surface area contributed by atoms with Crippen molar-refractivity contribution in [1.82, 2.24) is 0 Å². The van der Waals surface area contributed by atoms with E-state index in [1.54, 1.807) is 0 Å². The van der Waals surface area contributed by atoms with E-state index in [0.29, 0.717) is 26.4 Å². The highest BCUT2D eigenvalue weighted by molar-refractivity contribution is 4.30. The first-order valence-corrected chi connectivity index (χ1v) is 6.07. The Morgan fingerprint density at radius 1 is 0.421 bits per heavy atom. The Morgan fingerprint density at radius 2 is 0.737 bits per heavy atom. The Kier molecular flexibility index (Phi) is 25.2. The minimum atomic E-state index is 0.00247. The van der Waals surface area contributed by atoms with Gasteiger partial charge in [-0.15, -0.1) is 0 Å². The summed E-state index contributed by atoms with van der Waals surface area (Å²) in [6, 6.07) is 0. The summed E-state index contributed by atoms with van der Waals surface area (Å²) in [6.45, 7) is 2.44.